The Morgan fingerprint density at radius 1 is 1.08 bits per heavy atom. The van der Waals surface area contributed by atoms with Crippen LogP contribution in [0.1, 0.15) is 29.9 Å². The SMILES string of the molecule is Cc1nc(N[C@H](C)c2cc(N)cc(C(F)(F)F)c2)c2cc(F)ccc2n1. The molecule has 1 atom stereocenters. The first-order valence-corrected chi connectivity index (χ1v) is 7.81. The number of nitrogens with zero attached hydrogens (tertiary/aromatic N) is 2. The summed E-state index contributed by atoms with van der Waals surface area (Å²) in [5.74, 6) is 0.349. The lowest BCUT2D eigenvalue weighted by molar-refractivity contribution is -0.137. The summed E-state index contributed by atoms with van der Waals surface area (Å²) in [5.41, 5.74) is 5.69. The van der Waals surface area contributed by atoms with E-state index in [1.807, 2.05) is 0 Å². The number of anilines is 2. The van der Waals surface area contributed by atoms with Crippen LogP contribution in [-0.2, 0) is 6.18 Å². The zero-order valence-corrected chi connectivity index (χ0v) is 14.0. The molecule has 0 bridgehead atoms. The molecular formula is C18H16F4N4. The number of halogens is 4. The van der Waals surface area contributed by atoms with Crippen molar-refractivity contribution in [1.29, 1.82) is 0 Å². The summed E-state index contributed by atoms with van der Waals surface area (Å²) in [4.78, 5) is 8.49. The lowest BCUT2D eigenvalue weighted by atomic mass is 10.0. The second-order valence-corrected chi connectivity index (χ2v) is 6.03. The third-order valence-electron chi connectivity index (χ3n) is 3.93. The van der Waals surface area contributed by atoms with E-state index in [9.17, 15) is 17.6 Å². The smallest absolute Gasteiger partial charge is 0.399 e. The molecule has 3 aromatic rings. The summed E-state index contributed by atoms with van der Waals surface area (Å²) in [6.45, 7) is 3.36. The van der Waals surface area contributed by atoms with Crippen LogP contribution in [0.4, 0.5) is 29.1 Å². The van der Waals surface area contributed by atoms with E-state index in [-0.39, 0.29) is 5.69 Å². The molecule has 4 nitrogen and oxygen atoms in total. The summed E-state index contributed by atoms with van der Waals surface area (Å²) in [6.07, 6.45) is -4.49. The quantitative estimate of drug-likeness (QED) is 0.515. The summed E-state index contributed by atoms with van der Waals surface area (Å²) in [7, 11) is 0. The predicted molar refractivity (Wildman–Crippen MR) is 92.1 cm³/mol. The zero-order chi connectivity index (χ0) is 19.1. The number of alkyl halides is 3. The molecule has 2 aromatic carbocycles. The minimum Gasteiger partial charge on any atom is -0.399 e. The fourth-order valence-corrected chi connectivity index (χ4v) is 2.71. The van der Waals surface area contributed by atoms with E-state index in [1.165, 1.54) is 24.3 Å². The van der Waals surface area contributed by atoms with Crippen molar-refractivity contribution in [3.05, 3.63) is 59.2 Å². The van der Waals surface area contributed by atoms with Crippen LogP contribution in [0.5, 0.6) is 0 Å². The highest BCUT2D eigenvalue weighted by molar-refractivity contribution is 5.89. The van der Waals surface area contributed by atoms with Crippen LogP contribution in [0, 0.1) is 12.7 Å². The monoisotopic (exact) mass is 364 g/mol. The number of hydrogen-bond acceptors (Lipinski definition) is 4. The van der Waals surface area contributed by atoms with Gasteiger partial charge in [0.2, 0.25) is 0 Å². The topological polar surface area (TPSA) is 63.8 Å². The normalized spacial score (nSPS) is 13.0. The van der Waals surface area contributed by atoms with Crippen molar-refractivity contribution in [2.75, 3.05) is 11.1 Å². The maximum absolute atomic E-state index is 13.6. The van der Waals surface area contributed by atoms with E-state index in [4.69, 9.17) is 5.73 Å². The van der Waals surface area contributed by atoms with E-state index in [0.717, 1.165) is 12.1 Å². The fourth-order valence-electron chi connectivity index (χ4n) is 2.71. The summed E-state index contributed by atoms with van der Waals surface area (Å²) in [5, 5.41) is 3.48. The lowest BCUT2D eigenvalue weighted by Crippen LogP contribution is -2.12. The van der Waals surface area contributed by atoms with Crippen molar-refractivity contribution < 1.29 is 17.6 Å². The van der Waals surface area contributed by atoms with Gasteiger partial charge in [0.05, 0.1) is 17.1 Å². The van der Waals surface area contributed by atoms with Gasteiger partial charge in [-0.05, 0) is 55.8 Å². The van der Waals surface area contributed by atoms with Crippen LogP contribution >= 0.6 is 0 Å². The molecule has 0 radical (unpaired) electrons. The molecule has 0 saturated carbocycles. The Morgan fingerprint density at radius 3 is 2.50 bits per heavy atom. The Bertz CT molecular complexity index is 969. The molecule has 0 unspecified atom stereocenters. The second kappa shape index (κ2) is 6.44. The van der Waals surface area contributed by atoms with Crippen LogP contribution in [-0.4, -0.2) is 9.97 Å². The van der Waals surface area contributed by atoms with Gasteiger partial charge in [0.15, 0.2) is 0 Å². The molecule has 0 spiro atoms. The van der Waals surface area contributed by atoms with E-state index >= 15 is 0 Å². The predicted octanol–water partition coefficient (Wildman–Crippen LogP) is 4.85. The molecule has 1 heterocycles. The molecule has 26 heavy (non-hydrogen) atoms. The van der Waals surface area contributed by atoms with Crippen LogP contribution < -0.4 is 11.1 Å². The van der Waals surface area contributed by atoms with Gasteiger partial charge < -0.3 is 11.1 Å². The largest absolute Gasteiger partial charge is 0.416 e. The van der Waals surface area contributed by atoms with Crippen molar-refractivity contribution in [2.24, 2.45) is 0 Å². The fraction of sp³-hybridized carbons (Fsp3) is 0.222. The molecule has 0 aliphatic carbocycles. The molecule has 0 fully saturated rings. The average molecular weight is 364 g/mol. The van der Waals surface area contributed by atoms with Gasteiger partial charge in [0, 0.05) is 11.1 Å². The molecule has 0 amide bonds. The van der Waals surface area contributed by atoms with E-state index in [1.54, 1.807) is 13.8 Å². The van der Waals surface area contributed by atoms with E-state index in [2.05, 4.69) is 15.3 Å². The Hall–Kier alpha value is -2.90. The first kappa shape index (κ1) is 17.9. The Kier molecular flexibility index (Phi) is 4.43. The van der Waals surface area contributed by atoms with Crippen molar-refractivity contribution >= 4 is 22.4 Å². The molecule has 0 aliphatic heterocycles. The highest BCUT2D eigenvalue weighted by atomic mass is 19.4. The highest BCUT2D eigenvalue weighted by Gasteiger charge is 2.31. The van der Waals surface area contributed by atoms with Crippen LogP contribution in [0.25, 0.3) is 10.9 Å². The van der Waals surface area contributed by atoms with Crippen LogP contribution in [0.3, 0.4) is 0 Å². The van der Waals surface area contributed by atoms with Crippen molar-refractivity contribution in [3.8, 4) is 0 Å². The number of benzene rings is 2. The van der Waals surface area contributed by atoms with Crippen molar-refractivity contribution in [2.45, 2.75) is 26.1 Å². The maximum atomic E-state index is 13.6. The van der Waals surface area contributed by atoms with Crippen molar-refractivity contribution in [3.63, 3.8) is 0 Å². The minimum absolute atomic E-state index is 0.0123. The van der Waals surface area contributed by atoms with Gasteiger partial charge in [-0.25, -0.2) is 14.4 Å². The molecule has 136 valence electrons. The van der Waals surface area contributed by atoms with Crippen LogP contribution in [0.2, 0.25) is 0 Å². The summed E-state index contributed by atoms with van der Waals surface area (Å²) >= 11 is 0. The van der Waals surface area contributed by atoms with Gasteiger partial charge in [0.1, 0.15) is 17.5 Å². The third-order valence-corrected chi connectivity index (χ3v) is 3.93. The van der Waals surface area contributed by atoms with Gasteiger partial charge in [0.25, 0.3) is 0 Å². The Labute approximate surface area is 147 Å². The van der Waals surface area contributed by atoms with Gasteiger partial charge in [-0.15, -0.1) is 0 Å². The molecular weight excluding hydrogens is 348 g/mol. The summed E-state index contributed by atoms with van der Waals surface area (Å²) in [6, 6.07) is 6.93. The number of nitrogens with one attached hydrogen (secondary N) is 1. The third kappa shape index (κ3) is 3.68. The minimum atomic E-state index is -4.49. The molecule has 1 aromatic heterocycles. The lowest BCUT2D eigenvalue weighted by Gasteiger charge is -2.19. The zero-order valence-electron chi connectivity index (χ0n) is 14.0. The van der Waals surface area contributed by atoms with Gasteiger partial charge in [-0.1, -0.05) is 0 Å². The highest BCUT2D eigenvalue weighted by Crippen LogP contribution is 2.33. The van der Waals surface area contributed by atoms with Gasteiger partial charge in [-0.3, -0.25) is 0 Å². The van der Waals surface area contributed by atoms with E-state index in [0.29, 0.717) is 28.1 Å². The number of nitrogens with two attached hydrogens (primary N) is 1. The molecule has 0 aliphatic rings. The Morgan fingerprint density at radius 2 is 1.81 bits per heavy atom. The van der Waals surface area contributed by atoms with Gasteiger partial charge >= 0.3 is 6.18 Å². The number of fused-ring (bicyclic) bond motifs is 1. The molecule has 3 N–H and O–H groups in total. The first-order chi connectivity index (χ1) is 12.1. The number of aromatic nitrogens is 2. The first-order valence-electron chi connectivity index (χ1n) is 7.81. The Balaban J connectivity index is 2.01. The maximum Gasteiger partial charge on any atom is 0.416 e. The number of rotatable bonds is 3. The number of nitrogen functional groups attached to an aromatic ring is 1. The molecule has 0 saturated heterocycles. The van der Waals surface area contributed by atoms with Crippen molar-refractivity contribution in [1.82, 2.24) is 9.97 Å². The molecule has 3 rings (SSSR count). The van der Waals surface area contributed by atoms with Crippen LogP contribution in [0.15, 0.2) is 36.4 Å². The molecule has 8 heteroatoms. The summed E-state index contributed by atoms with van der Waals surface area (Å²) < 4.78 is 52.6. The number of hydrogen-bond donors (Lipinski definition) is 2. The number of aryl methyl sites for hydroxylation is 1. The van der Waals surface area contributed by atoms with Gasteiger partial charge in [-0.2, -0.15) is 13.2 Å². The standard InChI is InChI=1S/C18H16F4N4/c1-9(11-5-12(18(20,21)22)7-14(23)6-11)24-17-15-8-13(19)3-4-16(15)25-10(2)26-17/h3-9H,23H2,1-2H3,(H,24,25,26)/t9-/m1/s1. The average Bonchev–Trinajstić information content (AvgIpc) is 2.54. The van der Waals surface area contributed by atoms with E-state index < -0.39 is 23.6 Å². The second-order valence-electron chi connectivity index (χ2n) is 6.03.